The number of hydrogen-bond acceptors (Lipinski definition) is 4. The standard InChI is InChI=1S/C11H13ClN2O3S/c1-6(15)14(11-13-9(12)5-18-11)8-3-2-7(4-8)10(16)17/h5,7-8H,2-4H2,1H3,(H,16,17)/t7-,8+/m1/s1. The highest BCUT2D eigenvalue weighted by molar-refractivity contribution is 7.14. The van der Waals surface area contributed by atoms with Crippen molar-refractivity contribution < 1.29 is 14.7 Å². The highest BCUT2D eigenvalue weighted by Gasteiger charge is 2.35. The number of carboxylic acid groups (broad SMARTS) is 1. The normalized spacial score (nSPS) is 23.0. The number of rotatable bonds is 3. The minimum atomic E-state index is -0.793. The van der Waals surface area contributed by atoms with Crippen molar-refractivity contribution in [3.05, 3.63) is 10.5 Å². The van der Waals surface area contributed by atoms with Gasteiger partial charge in [-0.1, -0.05) is 11.6 Å². The summed E-state index contributed by atoms with van der Waals surface area (Å²) >= 11 is 7.06. The molecular weight excluding hydrogens is 276 g/mol. The second-order valence-electron chi connectivity index (χ2n) is 4.34. The first-order chi connectivity index (χ1) is 8.49. The highest BCUT2D eigenvalue weighted by Crippen LogP contribution is 2.34. The average Bonchev–Trinajstić information content (AvgIpc) is 2.88. The Morgan fingerprint density at radius 1 is 1.56 bits per heavy atom. The number of anilines is 1. The molecule has 0 saturated heterocycles. The zero-order chi connectivity index (χ0) is 13.3. The van der Waals surface area contributed by atoms with Crippen molar-refractivity contribution in [2.75, 3.05) is 4.90 Å². The Labute approximate surface area is 113 Å². The van der Waals surface area contributed by atoms with Gasteiger partial charge in [0.1, 0.15) is 5.15 Å². The molecule has 0 spiro atoms. The van der Waals surface area contributed by atoms with E-state index < -0.39 is 5.97 Å². The van der Waals surface area contributed by atoms with Crippen molar-refractivity contribution in [2.45, 2.75) is 32.2 Å². The molecule has 1 N–H and O–H groups in total. The molecule has 1 amide bonds. The number of carbonyl (C=O) groups is 2. The number of aromatic nitrogens is 1. The summed E-state index contributed by atoms with van der Waals surface area (Å²) in [4.78, 5) is 28.3. The molecule has 1 aliphatic carbocycles. The third kappa shape index (κ3) is 2.64. The van der Waals surface area contributed by atoms with E-state index in [2.05, 4.69) is 4.98 Å². The summed E-state index contributed by atoms with van der Waals surface area (Å²) in [5.74, 6) is -1.29. The molecule has 2 rings (SSSR count). The maximum absolute atomic E-state index is 11.7. The molecule has 1 aromatic rings. The zero-order valence-electron chi connectivity index (χ0n) is 9.80. The van der Waals surface area contributed by atoms with E-state index in [1.807, 2.05) is 0 Å². The second kappa shape index (κ2) is 5.24. The van der Waals surface area contributed by atoms with Crippen molar-refractivity contribution >= 4 is 39.9 Å². The Bertz CT molecular complexity index is 477. The molecule has 18 heavy (non-hydrogen) atoms. The van der Waals surface area contributed by atoms with Crippen LogP contribution in [0.1, 0.15) is 26.2 Å². The van der Waals surface area contributed by atoms with Crippen LogP contribution < -0.4 is 4.90 Å². The van der Waals surface area contributed by atoms with E-state index in [1.165, 1.54) is 18.3 Å². The first-order valence-electron chi connectivity index (χ1n) is 5.62. The number of nitrogens with zero attached hydrogens (tertiary/aromatic N) is 2. The Morgan fingerprint density at radius 3 is 2.72 bits per heavy atom. The Morgan fingerprint density at radius 2 is 2.28 bits per heavy atom. The first kappa shape index (κ1) is 13.3. The van der Waals surface area contributed by atoms with E-state index in [-0.39, 0.29) is 17.9 Å². The maximum Gasteiger partial charge on any atom is 0.306 e. The molecule has 1 aromatic heterocycles. The van der Waals surface area contributed by atoms with Crippen LogP contribution in [0.15, 0.2) is 5.38 Å². The molecule has 1 heterocycles. The van der Waals surface area contributed by atoms with Crippen molar-refractivity contribution in [2.24, 2.45) is 5.92 Å². The molecule has 0 unspecified atom stereocenters. The summed E-state index contributed by atoms with van der Waals surface area (Å²) in [5.41, 5.74) is 0. The largest absolute Gasteiger partial charge is 0.481 e. The Kier molecular flexibility index (Phi) is 3.87. The number of aliphatic carboxylic acids is 1. The van der Waals surface area contributed by atoms with E-state index in [4.69, 9.17) is 16.7 Å². The number of halogens is 1. The van der Waals surface area contributed by atoms with Crippen LogP contribution in [0.4, 0.5) is 5.13 Å². The number of thiazole rings is 1. The minimum absolute atomic E-state index is 0.0918. The van der Waals surface area contributed by atoms with E-state index in [0.29, 0.717) is 29.5 Å². The molecule has 1 aliphatic rings. The monoisotopic (exact) mass is 288 g/mol. The third-order valence-electron chi connectivity index (χ3n) is 3.13. The zero-order valence-corrected chi connectivity index (χ0v) is 11.4. The fourth-order valence-corrected chi connectivity index (χ4v) is 3.38. The smallest absolute Gasteiger partial charge is 0.306 e. The van der Waals surface area contributed by atoms with Gasteiger partial charge in [-0.2, -0.15) is 0 Å². The predicted octanol–water partition coefficient (Wildman–Crippen LogP) is 2.40. The van der Waals surface area contributed by atoms with Crippen LogP contribution in [-0.2, 0) is 9.59 Å². The summed E-state index contributed by atoms with van der Waals surface area (Å²) in [7, 11) is 0. The fourth-order valence-electron chi connectivity index (χ4n) is 2.32. The van der Waals surface area contributed by atoms with E-state index in [1.54, 1.807) is 10.3 Å². The predicted molar refractivity (Wildman–Crippen MR) is 69.0 cm³/mol. The van der Waals surface area contributed by atoms with Crippen LogP contribution in [0, 0.1) is 5.92 Å². The molecule has 0 bridgehead atoms. The highest BCUT2D eigenvalue weighted by atomic mass is 35.5. The molecule has 1 saturated carbocycles. The summed E-state index contributed by atoms with van der Waals surface area (Å²) in [6.07, 6.45) is 1.77. The van der Waals surface area contributed by atoms with Gasteiger partial charge >= 0.3 is 5.97 Å². The van der Waals surface area contributed by atoms with Gasteiger partial charge in [0, 0.05) is 18.3 Å². The maximum atomic E-state index is 11.7. The number of carbonyl (C=O) groups excluding carboxylic acids is 1. The topological polar surface area (TPSA) is 70.5 Å². The molecule has 7 heteroatoms. The van der Waals surface area contributed by atoms with Crippen LogP contribution in [0.25, 0.3) is 0 Å². The summed E-state index contributed by atoms with van der Waals surface area (Å²) in [6.45, 7) is 1.46. The molecule has 0 radical (unpaired) electrons. The van der Waals surface area contributed by atoms with E-state index in [9.17, 15) is 9.59 Å². The van der Waals surface area contributed by atoms with Crippen LogP contribution in [0.2, 0.25) is 5.15 Å². The summed E-state index contributed by atoms with van der Waals surface area (Å²) in [5, 5.41) is 11.6. The summed E-state index contributed by atoms with van der Waals surface area (Å²) < 4.78 is 0. The van der Waals surface area contributed by atoms with Crippen LogP contribution in [-0.4, -0.2) is 28.0 Å². The molecule has 0 aromatic carbocycles. The van der Waals surface area contributed by atoms with Gasteiger partial charge in [-0.15, -0.1) is 11.3 Å². The quantitative estimate of drug-likeness (QED) is 0.927. The lowest BCUT2D eigenvalue weighted by molar-refractivity contribution is -0.141. The van der Waals surface area contributed by atoms with Crippen LogP contribution >= 0.6 is 22.9 Å². The molecule has 2 atom stereocenters. The minimum Gasteiger partial charge on any atom is -0.481 e. The second-order valence-corrected chi connectivity index (χ2v) is 5.57. The van der Waals surface area contributed by atoms with E-state index >= 15 is 0 Å². The lowest BCUT2D eigenvalue weighted by Gasteiger charge is -2.25. The molecular formula is C11H13ClN2O3S. The fraction of sp³-hybridized carbons (Fsp3) is 0.545. The lowest BCUT2D eigenvalue weighted by Crippen LogP contribution is -2.37. The van der Waals surface area contributed by atoms with Crippen molar-refractivity contribution in [1.82, 2.24) is 4.98 Å². The van der Waals surface area contributed by atoms with Gasteiger partial charge in [0.25, 0.3) is 0 Å². The van der Waals surface area contributed by atoms with Crippen molar-refractivity contribution in [3.8, 4) is 0 Å². The van der Waals surface area contributed by atoms with Gasteiger partial charge in [0.15, 0.2) is 5.13 Å². The van der Waals surface area contributed by atoms with Gasteiger partial charge in [-0.3, -0.25) is 14.5 Å². The molecule has 5 nitrogen and oxygen atoms in total. The Hall–Kier alpha value is -1.14. The molecule has 1 fully saturated rings. The van der Waals surface area contributed by atoms with Gasteiger partial charge in [-0.05, 0) is 19.3 Å². The van der Waals surface area contributed by atoms with Crippen molar-refractivity contribution in [1.29, 1.82) is 0 Å². The van der Waals surface area contributed by atoms with Crippen LogP contribution in [0.5, 0.6) is 0 Å². The lowest BCUT2D eigenvalue weighted by atomic mass is 10.1. The van der Waals surface area contributed by atoms with Gasteiger partial charge < -0.3 is 5.11 Å². The van der Waals surface area contributed by atoms with Crippen LogP contribution in [0.3, 0.4) is 0 Å². The van der Waals surface area contributed by atoms with E-state index in [0.717, 1.165) is 0 Å². The average molecular weight is 289 g/mol. The number of carboxylic acids is 1. The number of hydrogen-bond donors (Lipinski definition) is 1. The SMILES string of the molecule is CC(=O)N(c1nc(Cl)cs1)[C@H]1CC[C@@H](C(=O)O)C1. The van der Waals surface area contributed by atoms with Gasteiger partial charge in [0.2, 0.25) is 5.91 Å². The number of amides is 1. The molecule has 98 valence electrons. The third-order valence-corrected chi connectivity index (χ3v) is 4.29. The van der Waals surface area contributed by atoms with Gasteiger partial charge in [-0.25, -0.2) is 4.98 Å². The molecule has 0 aliphatic heterocycles. The summed E-state index contributed by atoms with van der Waals surface area (Å²) in [6, 6.07) is -0.0918. The van der Waals surface area contributed by atoms with Crippen molar-refractivity contribution in [3.63, 3.8) is 0 Å². The van der Waals surface area contributed by atoms with Gasteiger partial charge in [0.05, 0.1) is 5.92 Å². The first-order valence-corrected chi connectivity index (χ1v) is 6.88. The Balaban J connectivity index is 2.17.